The molecule has 0 fully saturated rings. The first-order valence-electron chi connectivity index (χ1n) is 6.72. The molecule has 0 heterocycles. The van der Waals surface area contributed by atoms with Gasteiger partial charge in [-0.2, -0.15) is 0 Å². The Morgan fingerprint density at radius 3 is 2.30 bits per heavy atom. The van der Waals surface area contributed by atoms with Crippen molar-refractivity contribution in [3.63, 3.8) is 0 Å². The summed E-state index contributed by atoms with van der Waals surface area (Å²) in [5, 5.41) is 0. The first-order valence-corrected chi connectivity index (χ1v) is 6.72. The average Bonchev–Trinajstić information content (AvgIpc) is 2.48. The number of esters is 1. The molecule has 3 nitrogen and oxygen atoms in total. The summed E-state index contributed by atoms with van der Waals surface area (Å²) in [6.45, 7) is 2.31. The van der Waals surface area contributed by atoms with Crippen LogP contribution in [0.5, 0.6) is 0 Å². The summed E-state index contributed by atoms with van der Waals surface area (Å²) in [6.07, 6.45) is 0.0126. The first-order chi connectivity index (χ1) is 9.70. The van der Waals surface area contributed by atoms with Crippen molar-refractivity contribution < 1.29 is 9.53 Å². The molecule has 0 spiro atoms. The van der Waals surface area contributed by atoms with Gasteiger partial charge in [-0.25, -0.2) is 0 Å². The number of benzene rings is 2. The van der Waals surface area contributed by atoms with Crippen molar-refractivity contribution in [1.29, 1.82) is 0 Å². The second kappa shape index (κ2) is 6.87. The van der Waals surface area contributed by atoms with Gasteiger partial charge < -0.3 is 10.5 Å². The maximum Gasteiger partial charge on any atom is 0.310 e. The largest absolute Gasteiger partial charge is 0.458 e. The van der Waals surface area contributed by atoms with Crippen LogP contribution in [0.15, 0.2) is 54.6 Å². The van der Waals surface area contributed by atoms with Crippen LogP contribution in [0, 0.1) is 0 Å². The highest BCUT2D eigenvalue weighted by Crippen LogP contribution is 2.17. The predicted octanol–water partition coefficient (Wildman–Crippen LogP) is 2.99. The summed E-state index contributed by atoms with van der Waals surface area (Å²) in [7, 11) is 0. The summed E-state index contributed by atoms with van der Waals surface area (Å²) >= 11 is 0. The number of ether oxygens (including phenoxy) is 1. The molecule has 0 saturated heterocycles. The molecule has 1 atom stereocenters. The smallest absolute Gasteiger partial charge is 0.310 e. The second-order valence-electron chi connectivity index (χ2n) is 4.69. The summed E-state index contributed by atoms with van der Waals surface area (Å²) in [5.74, 6) is -0.234. The van der Waals surface area contributed by atoms with E-state index in [4.69, 9.17) is 10.5 Å². The minimum Gasteiger partial charge on any atom is -0.458 e. The van der Waals surface area contributed by atoms with Crippen LogP contribution in [0.4, 0.5) is 0 Å². The van der Waals surface area contributed by atoms with Crippen LogP contribution in [-0.2, 0) is 22.5 Å². The van der Waals surface area contributed by atoms with Gasteiger partial charge in [0.05, 0.1) is 6.42 Å². The van der Waals surface area contributed by atoms with E-state index in [-0.39, 0.29) is 18.5 Å². The predicted molar refractivity (Wildman–Crippen MR) is 79.0 cm³/mol. The van der Waals surface area contributed by atoms with Crippen LogP contribution < -0.4 is 5.73 Å². The fourth-order valence-electron chi connectivity index (χ4n) is 2.12. The monoisotopic (exact) mass is 269 g/mol. The Morgan fingerprint density at radius 2 is 1.65 bits per heavy atom. The molecule has 0 aromatic heterocycles. The van der Waals surface area contributed by atoms with Crippen molar-refractivity contribution in [2.24, 2.45) is 5.73 Å². The maximum atomic E-state index is 12.0. The fourth-order valence-corrected chi connectivity index (χ4v) is 2.12. The first kappa shape index (κ1) is 14.3. The number of nitrogens with two attached hydrogens (primary N) is 1. The van der Waals surface area contributed by atoms with Gasteiger partial charge in [-0.3, -0.25) is 4.79 Å². The van der Waals surface area contributed by atoms with Crippen LogP contribution in [0.1, 0.15) is 29.7 Å². The second-order valence-corrected chi connectivity index (χ2v) is 4.69. The van der Waals surface area contributed by atoms with E-state index in [0.717, 1.165) is 16.7 Å². The van der Waals surface area contributed by atoms with Gasteiger partial charge in [-0.15, -0.1) is 0 Å². The summed E-state index contributed by atoms with van der Waals surface area (Å²) < 4.78 is 5.46. The van der Waals surface area contributed by atoms with E-state index in [1.165, 1.54) is 0 Å². The molecule has 104 valence electrons. The van der Waals surface area contributed by atoms with Crippen LogP contribution in [-0.4, -0.2) is 5.97 Å². The van der Waals surface area contributed by atoms with Gasteiger partial charge >= 0.3 is 5.97 Å². The highest BCUT2D eigenvalue weighted by Gasteiger charge is 2.13. The Morgan fingerprint density at radius 1 is 1.05 bits per heavy atom. The van der Waals surface area contributed by atoms with E-state index in [1.54, 1.807) is 0 Å². The molecule has 2 aromatic carbocycles. The molecule has 20 heavy (non-hydrogen) atoms. The number of hydrogen-bond acceptors (Lipinski definition) is 3. The Hall–Kier alpha value is -2.13. The third-order valence-electron chi connectivity index (χ3n) is 3.25. The molecule has 2 aromatic rings. The molecule has 2 rings (SSSR count). The van der Waals surface area contributed by atoms with Crippen molar-refractivity contribution in [3.8, 4) is 0 Å². The quantitative estimate of drug-likeness (QED) is 0.849. The van der Waals surface area contributed by atoms with E-state index >= 15 is 0 Å². The third-order valence-corrected chi connectivity index (χ3v) is 3.25. The lowest BCUT2D eigenvalue weighted by Crippen LogP contribution is -2.13. The molecule has 0 aliphatic rings. The van der Waals surface area contributed by atoms with Crippen LogP contribution in [0.3, 0.4) is 0 Å². The zero-order chi connectivity index (χ0) is 14.4. The molecule has 0 aliphatic carbocycles. The summed E-state index contributed by atoms with van der Waals surface area (Å²) in [4.78, 5) is 12.0. The highest BCUT2D eigenvalue weighted by molar-refractivity contribution is 5.73. The molecule has 0 aliphatic heterocycles. The molecule has 0 bridgehead atoms. The third kappa shape index (κ3) is 3.68. The van der Waals surface area contributed by atoms with Gasteiger partial charge in [-0.1, -0.05) is 54.6 Å². The Balaban J connectivity index is 1.99. The van der Waals surface area contributed by atoms with E-state index in [9.17, 15) is 4.79 Å². The fraction of sp³-hybridized carbons (Fsp3) is 0.235. The molecular weight excluding hydrogens is 250 g/mol. The lowest BCUT2D eigenvalue weighted by atomic mass is 10.0. The van der Waals surface area contributed by atoms with Crippen molar-refractivity contribution in [2.75, 3.05) is 0 Å². The van der Waals surface area contributed by atoms with E-state index in [0.29, 0.717) is 6.54 Å². The van der Waals surface area contributed by atoms with E-state index in [2.05, 4.69) is 0 Å². The zero-order valence-electron chi connectivity index (χ0n) is 11.6. The van der Waals surface area contributed by atoms with E-state index < -0.39 is 0 Å². The minimum absolute atomic E-state index is 0.234. The number of carbonyl (C=O) groups is 1. The Bertz CT molecular complexity index is 566. The lowest BCUT2D eigenvalue weighted by molar-refractivity contribution is -0.147. The number of rotatable bonds is 5. The van der Waals surface area contributed by atoms with Gasteiger partial charge in [0.2, 0.25) is 0 Å². The molecule has 1 unspecified atom stereocenters. The van der Waals surface area contributed by atoms with Crippen LogP contribution >= 0.6 is 0 Å². The maximum absolute atomic E-state index is 12.0. The molecule has 3 heteroatoms. The summed E-state index contributed by atoms with van der Waals surface area (Å²) in [5.41, 5.74) is 8.57. The van der Waals surface area contributed by atoms with Gasteiger partial charge in [0.1, 0.15) is 6.10 Å². The lowest BCUT2D eigenvalue weighted by Gasteiger charge is -2.14. The van der Waals surface area contributed by atoms with Crippen molar-refractivity contribution >= 4 is 5.97 Å². The van der Waals surface area contributed by atoms with Gasteiger partial charge in [0.25, 0.3) is 0 Å². The highest BCUT2D eigenvalue weighted by atomic mass is 16.5. The van der Waals surface area contributed by atoms with E-state index in [1.807, 2.05) is 61.5 Å². The zero-order valence-corrected chi connectivity index (χ0v) is 11.6. The molecule has 0 radical (unpaired) electrons. The standard InChI is InChI=1S/C17H19NO2/c1-13(14-7-3-2-4-8-14)20-17(19)11-15-9-5-6-10-16(15)12-18/h2-10,13H,11-12,18H2,1H3. The SMILES string of the molecule is CC(OC(=O)Cc1ccccc1CN)c1ccccc1. The molecular formula is C17H19NO2. The van der Waals surface area contributed by atoms with Crippen molar-refractivity contribution in [2.45, 2.75) is 26.0 Å². The topological polar surface area (TPSA) is 52.3 Å². The van der Waals surface area contributed by atoms with Gasteiger partial charge in [0, 0.05) is 6.54 Å². The Kier molecular flexibility index (Phi) is 4.91. The van der Waals surface area contributed by atoms with Crippen LogP contribution in [0.2, 0.25) is 0 Å². The molecule has 0 saturated carbocycles. The van der Waals surface area contributed by atoms with Crippen molar-refractivity contribution in [1.82, 2.24) is 0 Å². The van der Waals surface area contributed by atoms with Gasteiger partial charge in [-0.05, 0) is 23.6 Å². The molecule has 0 amide bonds. The van der Waals surface area contributed by atoms with Crippen molar-refractivity contribution in [3.05, 3.63) is 71.3 Å². The number of hydrogen-bond donors (Lipinski definition) is 1. The van der Waals surface area contributed by atoms with Gasteiger partial charge in [0.15, 0.2) is 0 Å². The van der Waals surface area contributed by atoms with Crippen LogP contribution in [0.25, 0.3) is 0 Å². The normalized spacial score (nSPS) is 11.9. The average molecular weight is 269 g/mol. The molecule has 2 N–H and O–H groups in total. The summed E-state index contributed by atoms with van der Waals surface area (Å²) in [6, 6.07) is 17.4. The number of carbonyl (C=O) groups excluding carboxylic acids is 1. The minimum atomic E-state index is -0.242. The Labute approximate surface area is 119 Å².